The van der Waals surface area contributed by atoms with E-state index in [1.807, 2.05) is 36.2 Å². The lowest BCUT2D eigenvalue weighted by Gasteiger charge is -2.26. The molecule has 0 bridgehead atoms. The molecule has 0 radical (unpaired) electrons. The van der Waals surface area contributed by atoms with Gasteiger partial charge in [0.05, 0.1) is 19.0 Å². The highest BCUT2D eigenvalue weighted by Gasteiger charge is 2.46. The van der Waals surface area contributed by atoms with Gasteiger partial charge in [0.1, 0.15) is 11.6 Å². The van der Waals surface area contributed by atoms with Gasteiger partial charge in [-0.25, -0.2) is 19.3 Å². The number of anilines is 2. The largest absolute Gasteiger partial charge is 0.497 e. The molecule has 3 aliphatic heterocycles. The number of ether oxygens (including phenoxy) is 1. The number of hydrogen-bond acceptors (Lipinski definition) is 8. The summed E-state index contributed by atoms with van der Waals surface area (Å²) in [6, 6.07) is 15.6. The van der Waals surface area contributed by atoms with Gasteiger partial charge in [-0.15, -0.1) is 5.10 Å². The highest BCUT2D eigenvalue weighted by atomic mass is 16.5. The third-order valence-corrected chi connectivity index (χ3v) is 9.86. The number of fused-ring (bicyclic) bond motifs is 1. The molecule has 3 fully saturated rings. The molecule has 1 aromatic carbocycles. The molecule has 4 aromatic rings. The number of carboxylic acids is 1. The Balaban J connectivity index is 1.05. The molecule has 6 heterocycles. The summed E-state index contributed by atoms with van der Waals surface area (Å²) in [7, 11) is 1.69. The summed E-state index contributed by atoms with van der Waals surface area (Å²) in [4.78, 5) is 40.4. The van der Waals surface area contributed by atoms with Crippen LogP contribution in [0.15, 0.2) is 54.7 Å². The first-order valence-electron chi connectivity index (χ1n) is 15.2. The summed E-state index contributed by atoms with van der Waals surface area (Å²) >= 11 is 0. The first-order valence-corrected chi connectivity index (χ1v) is 15.2. The Kier molecular flexibility index (Phi) is 6.71. The minimum atomic E-state index is -1.03. The molecular weight excluding hydrogens is 558 g/mol. The number of likely N-dealkylation sites (tertiary alicyclic amines) is 1. The van der Waals surface area contributed by atoms with Gasteiger partial charge in [0.2, 0.25) is 5.82 Å². The Morgan fingerprint density at radius 1 is 0.932 bits per heavy atom. The van der Waals surface area contributed by atoms with Gasteiger partial charge in [-0.3, -0.25) is 4.79 Å². The van der Waals surface area contributed by atoms with Gasteiger partial charge in [0, 0.05) is 50.1 Å². The normalized spacial score (nSPS) is 23.3. The minimum Gasteiger partial charge on any atom is -0.497 e. The lowest BCUT2D eigenvalue weighted by atomic mass is 9.82. The van der Waals surface area contributed by atoms with E-state index in [-0.39, 0.29) is 28.3 Å². The van der Waals surface area contributed by atoms with Crippen LogP contribution in [0.1, 0.15) is 58.4 Å². The molecule has 11 nitrogen and oxygen atoms in total. The number of pyridine rings is 2. The van der Waals surface area contributed by atoms with Crippen molar-refractivity contribution in [2.24, 2.45) is 5.41 Å². The van der Waals surface area contributed by atoms with Crippen molar-refractivity contribution in [3.05, 3.63) is 77.4 Å². The summed E-state index contributed by atoms with van der Waals surface area (Å²) in [5.41, 5.74) is 4.06. The third kappa shape index (κ3) is 4.89. The van der Waals surface area contributed by atoms with Gasteiger partial charge >= 0.3 is 5.97 Å². The van der Waals surface area contributed by atoms with Crippen LogP contribution in [0.4, 0.5) is 11.5 Å². The van der Waals surface area contributed by atoms with E-state index in [0.717, 1.165) is 62.4 Å². The van der Waals surface area contributed by atoms with Crippen molar-refractivity contribution in [2.75, 3.05) is 56.2 Å². The molecule has 1 spiro atoms. The number of amides is 1. The first-order chi connectivity index (χ1) is 21.1. The number of methoxy groups -OCH3 is 1. The predicted octanol–water partition coefficient (Wildman–Crippen LogP) is 4.05. The number of aromatic carboxylic acids is 1. The Morgan fingerprint density at radius 3 is 2.48 bits per heavy atom. The van der Waals surface area contributed by atoms with Gasteiger partial charge < -0.3 is 24.5 Å². The second kappa shape index (κ2) is 10.5. The number of nitrogens with zero attached hydrogens (tertiary/aromatic N) is 7. The Hall–Kier alpha value is -4.67. The fourth-order valence-electron chi connectivity index (χ4n) is 7.24. The first kappa shape index (κ1) is 28.1. The van der Waals surface area contributed by atoms with Crippen molar-refractivity contribution in [2.45, 2.75) is 38.5 Å². The van der Waals surface area contributed by atoms with Crippen molar-refractivity contribution < 1.29 is 19.4 Å². The second-order valence-corrected chi connectivity index (χ2v) is 12.9. The number of hydrogen-bond donors (Lipinski definition) is 1. The fourth-order valence-corrected chi connectivity index (χ4v) is 7.24. The van der Waals surface area contributed by atoms with Crippen molar-refractivity contribution in [3.63, 3.8) is 0 Å². The van der Waals surface area contributed by atoms with Crippen LogP contribution in [0.3, 0.4) is 0 Å². The van der Waals surface area contributed by atoms with Crippen LogP contribution in [0.25, 0.3) is 5.65 Å². The molecule has 0 unspecified atom stereocenters. The van der Waals surface area contributed by atoms with E-state index in [0.29, 0.717) is 24.6 Å². The molecule has 0 saturated carbocycles. The Morgan fingerprint density at radius 2 is 1.70 bits per heavy atom. The molecule has 11 heteroatoms. The van der Waals surface area contributed by atoms with Crippen LogP contribution in [-0.2, 0) is 5.41 Å². The van der Waals surface area contributed by atoms with Crippen molar-refractivity contribution in [3.8, 4) is 5.75 Å². The van der Waals surface area contributed by atoms with Crippen LogP contribution in [0.2, 0.25) is 0 Å². The van der Waals surface area contributed by atoms with Gasteiger partial charge in [0.25, 0.3) is 5.91 Å². The summed E-state index contributed by atoms with van der Waals surface area (Å²) < 4.78 is 7.10. The molecule has 1 amide bonds. The number of carbonyl (C=O) groups excluding carboxylic acids is 1. The van der Waals surface area contributed by atoms with Gasteiger partial charge in [-0.05, 0) is 67.6 Å². The Labute approximate surface area is 256 Å². The van der Waals surface area contributed by atoms with Crippen LogP contribution in [0.5, 0.6) is 5.75 Å². The second-order valence-electron chi connectivity index (χ2n) is 12.9. The Bertz CT molecular complexity index is 1750. The van der Waals surface area contributed by atoms with E-state index in [4.69, 9.17) is 4.74 Å². The van der Waals surface area contributed by atoms with Gasteiger partial charge in [0.15, 0.2) is 11.3 Å². The topological polar surface area (TPSA) is 116 Å². The maximum absolute atomic E-state index is 13.6. The van der Waals surface area contributed by atoms with Crippen molar-refractivity contribution in [1.29, 1.82) is 0 Å². The summed E-state index contributed by atoms with van der Waals surface area (Å²) in [6.45, 7) is 8.92. The summed E-state index contributed by atoms with van der Waals surface area (Å²) in [5.74, 6) is 0.566. The number of aromatic nitrogens is 4. The average Bonchev–Trinajstić information content (AvgIpc) is 3.84. The molecule has 3 aromatic heterocycles. The number of aryl methyl sites for hydroxylation is 1. The zero-order valence-corrected chi connectivity index (χ0v) is 25.4. The highest BCUT2D eigenvalue weighted by molar-refractivity contribution is 5.91. The zero-order valence-electron chi connectivity index (χ0n) is 25.4. The minimum absolute atomic E-state index is 0.0231. The molecule has 3 aliphatic rings. The van der Waals surface area contributed by atoms with Crippen LogP contribution < -0.4 is 14.5 Å². The predicted molar refractivity (Wildman–Crippen MR) is 166 cm³/mol. The molecule has 44 heavy (non-hydrogen) atoms. The number of benzene rings is 1. The zero-order chi connectivity index (χ0) is 30.6. The lowest BCUT2D eigenvalue weighted by molar-refractivity contribution is 0.0689. The van der Waals surface area contributed by atoms with E-state index >= 15 is 0 Å². The van der Waals surface area contributed by atoms with E-state index in [2.05, 4.69) is 50.0 Å². The maximum atomic E-state index is 13.6. The van der Waals surface area contributed by atoms with Crippen molar-refractivity contribution in [1.82, 2.24) is 24.5 Å². The number of rotatable bonds is 6. The van der Waals surface area contributed by atoms with Gasteiger partial charge in [-0.1, -0.05) is 25.1 Å². The molecule has 2 atom stereocenters. The summed E-state index contributed by atoms with van der Waals surface area (Å²) in [5, 5.41) is 14.0. The number of carbonyl (C=O) groups is 2. The molecule has 228 valence electrons. The molecule has 0 aliphatic carbocycles. The van der Waals surface area contributed by atoms with Gasteiger partial charge in [-0.2, -0.15) is 0 Å². The monoisotopic (exact) mass is 595 g/mol. The summed E-state index contributed by atoms with van der Waals surface area (Å²) in [6.07, 6.45) is 4.82. The van der Waals surface area contributed by atoms with E-state index in [9.17, 15) is 14.7 Å². The third-order valence-electron chi connectivity index (χ3n) is 9.86. The highest BCUT2D eigenvalue weighted by Crippen LogP contribution is 2.41. The molecular formula is C33H37N7O4. The average molecular weight is 596 g/mol. The van der Waals surface area contributed by atoms with E-state index in [1.165, 1.54) is 11.6 Å². The van der Waals surface area contributed by atoms with Crippen LogP contribution in [-0.4, -0.2) is 87.8 Å². The molecule has 1 N–H and O–H groups in total. The van der Waals surface area contributed by atoms with Crippen molar-refractivity contribution >= 4 is 29.0 Å². The fraction of sp³-hybridized carbons (Fsp3) is 0.424. The standard InChI is InChI=1S/C33H37N7O4/c1-22-17-24(37-14-11-32(2,19-37)23-7-9-25(44-3)10-8-23)18-40-29(22)35-28(36-40)30(41)39-16-13-33(21-39)12-15-38(20-33)27-6-4-5-26(34-27)31(42)43/h4-10,17-18H,11-16,19-21H2,1-3H3,(H,42,43)/t32-,33+/m0/s1. The molecule has 7 rings (SSSR count). The number of carboxylic acid groups (broad SMARTS) is 1. The maximum Gasteiger partial charge on any atom is 0.354 e. The smallest absolute Gasteiger partial charge is 0.354 e. The van der Waals surface area contributed by atoms with Crippen LogP contribution >= 0.6 is 0 Å². The van der Waals surface area contributed by atoms with E-state index in [1.54, 1.807) is 17.7 Å². The lowest BCUT2D eigenvalue weighted by Crippen LogP contribution is -2.34. The van der Waals surface area contributed by atoms with E-state index < -0.39 is 5.97 Å². The quantitative estimate of drug-likeness (QED) is 0.352. The van der Waals surface area contributed by atoms with Crippen LogP contribution in [0, 0.1) is 12.3 Å². The SMILES string of the molecule is COc1ccc([C@@]2(C)CCN(c3cc(C)c4nc(C(=O)N5CC[C@@]6(CCN(c7cccc(C(=O)O)n7)C6)C5)nn4c3)C2)cc1. The molecule has 3 saturated heterocycles.